The van der Waals surface area contributed by atoms with Gasteiger partial charge >= 0.3 is 0 Å². The Kier molecular flexibility index (Phi) is 6.10. The average Bonchev–Trinajstić information content (AvgIpc) is 2.68. The van der Waals surface area contributed by atoms with Gasteiger partial charge in [0.2, 0.25) is 11.3 Å². The monoisotopic (exact) mass is 409 g/mol. The number of ether oxygens (including phenoxy) is 1. The Hall–Kier alpha value is -3.35. The van der Waals surface area contributed by atoms with E-state index in [4.69, 9.17) is 4.74 Å². The highest BCUT2D eigenvalue weighted by molar-refractivity contribution is 6.01. The number of aromatic hydroxyl groups is 1. The molecule has 0 aliphatic rings. The van der Waals surface area contributed by atoms with Gasteiger partial charge in [-0.25, -0.2) is 0 Å². The molecule has 7 nitrogen and oxygen atoms in total. The minimum Gasteiger partial charge on any atom is -0.494 e. The van der Waals surface area contributed by atoms with Crippen LogP contribution in [0, 0.1) is 0 Å². The zero-order chi connectivity index (χ0) is 21.9. The molecule has 1 aromatic carbocycles. The Balaban J connectivity index is 1.93. The van der Waals surface area contributed by atoms with Crippen LogP contribution in [0.2, 0.25) is 0 Å². The van der Waals surface area contributed by atoms with Crippen LogP contribution in [-0.2, 0) is 12.0 Å². The summed E-state index contributed by atoms with van der Waals surface area (Å²) in [5.41, 5.74) is 1.42. The van der Waals surface area contributed by atoms with E-state index >= 15 is 0 Å². The van der Waals surface area contributed by atoms with Gasteiger partial charge in [0, 0.05) is 34.9 Å². The molecule has 0 aliphatic carbocycles. The first kappa shape index (κ1) is 21.4. The number of fused-ring (bicyclic) bond motifs is 1. The molecule has 0 aliphatic heterocycles. The minimum absolute atomic E-state index is 0.109. The molecule has 0 saturated heterocycles. The summed E-state index contributed by atoms with van der Waals surface area (Å²) in [6.07, 6.45) is 3.87. The molecule has 30 heavy (non-hydrogen) atoms. The predicted molar refractivity (Wildman–Crippen MR) is 119 cm³/mol. The third-order valence-electron chi connectivity index (χ3n) is 4.79. The van der Waals surface area contributed by atoms with E-state index in [9.17, 15) is 14.7 Å². The number of aromatic nitrogens is 2. The Labute approximate surface area is 174 Å². The number of benzene rings is 1. The number of pyridine rings is 2. The number of nitrogens with one attached hydrogen (secondary N) is 2. The Morgan fingerprint density at radius 3 is 2.60 bits per heavy atom. The van der Waals surface area contributed by atoms with Crippen molar-refractivity contribution in [1.82, 2.24) is 9.97 Å². The predicted octanol–water partition coefficient (Wildman–Crippen LogP) is 3.63. The molecule has 0 saturated carbocycles. The lowest BCUT2D eigenvalue weighted by Gasteiger charge is -2.19. The van der Waals surface area contributed by atoms with Crippen molar-refractivity contribution >= 4 is 17.0 Å². The number of hydrogen-bond donors (Lipinski definition) is 3. The number of H-pyrrole nitrogens is 2. The number of hydrogen-bond acceptors (Lipinski definition) is 5. The first-order valence-electron chi connectivity index (χ1n) is 9.94. The molecule has 3 aromatic rings. The maximum Gasteiger partial charge on any atom is 0.258 e. The van der Waals surface area contributed by atoms with Gasteiger partial charge in [-0.05, 0) is 29.5 Å². The fourth-order valence-corrected chi connectivity index (χ4v) is 3.08. The van der Waals surface area contributed by atoms with Crippen molar-refractivity contribution in [1.29, 1.82) is 0 Å². The van der Waals surface area contributed by atoms with Crippen molar-refractivity contribution in [3.8, 4) is 11.6 Å². The summed E-state index contributed by atoms with van der Waals surface area (Å²) in [5, 5.41) is 11.4. The number of aromatic amines is 2. The molecule has 3 rings (SSSR count). The van der Waals surface area contributed by atoms with Crippen molar-refractivity contribution in [3.63, 3.8) is 0 Å². The largest absolute Gasteiger partial charge is 0.494 e. The molecule has 0 spiro atoms. The molecule has 0 radical (unpaired) electrons. The summed E-state index contributed by atoms with van der Waals surface area (Å²) in [5.74, 6) is 0.0441. The Morgan fingerprint density at radius 2 is 1.93 bits per heavy atom. The van der Waals surface area contributed by atoms with E-state index in [1.807, 2.05) is 19.1 Å². The van der Waals surface area contributed by atoms with E-state index in [2.05, 4.69) is 35.7 Å². The highest BCUT2D eigenvalue weighted by Crippen LogP contribution is 2.28. The van der Waals surface area contributed by atoms with Gasteiger partial charge in [-0.15, -0.1) is 0 Å². The summed E-state index contributed by atoms with van der Waals surface area (Å²) in [4.78, 5) is 34.2. The quantitative estimate of drug-likeness (QED) is 0.540. The lowest BCUT2D eigenvalue weighted by atomic mass is 9.85. The second kappa shape index (κ2) is 8.57. The fraction of sp³-hybridized carbons (Fsp3) is 0.348. The molecule has 158 valence electrons. The Bertz CT molecular complexity index is 1200. The summed E-state index contributed by atoms with van der Waals surface area (Å²) in [6, 6.07) is 7.04. The molecule has 0 bridgehead atoms. The maximum absolute atomic E-state index is 12.2. The molecule has 0 amide bonds. The topological polar surface area (TPSA) is 108 Å². The van der Waals surface area contributed by atoms with E-state index < -0.39 is 0 Å². The molecule has 0 fully saturated rings. The van der Waals surface area contributed by atoms with Crippen molar-refractivity contribution < 1.29 is 9.84 Å². The smallest absolute Gasteiger partial charge is 0.258 e. The first-order chi connectivity index (χ1) is 14.2. The standard InChI is InChI=1S/C23H27N3O4/c1-5-8-30-20-13-25-15(10-19(20)27)11-24-12-18-17-9-14(23(2,3)4)6-7-16(17)21(28)26-22(18)29/h6-7,9-10,12-13H,5,8,11H2,1-4H3,(H,25,27)(H2,26,28,29). The highest BCUT2D eigenvalue weighted by atomic mass is 16.5. The highest BCUT2D eigenvalue weighted by Gasteiger charge is 2.17. The molecular formula is C23H27N3O4. The van der Waals surface area contributed by atoms with Crippen LogP contribution in [0.15, 0.2) is 45.0 Å². The molecular weight excluding hydrogens is 382 g/mol. The van der Waals surface area contributed by atoms with E-state index in [0.29, 0.717) is 28.6 Å². The van der Waals surface area contributed by atoms with Crippen LogP contribution < -0.4 is 15.7 Å². The molecule has 0 unspecified atom stereocenters. The number of rotatable bonds is 6. The summed E-state index contributed by atoms with van der Waals surface area (Å²) < 4.78 is 5.38. The van der Waals surface area contributed by atoms with E-state index in [1.165, 1.54) is 18.5 Å². The van der Waals surface area contributed by atoms with Crippen LogP contribution in [-0.4, -0.2) is 27.9 Å². The van der Waals surface area contributed by atoms with E-state index in [0.717, 1.165) is 12.0 Å². The van der Waals surface area contributed by atoms with Gasteiger partial charge in [-0.3, -0.25) is 19.6 Å². The fourth-order valence-electron chi connectivity index (χ4n) is 3.08. The van der Waals surface area contributed by atoms with Gasteiger partial charge in [-0.2, -0.15) is 0 Å². The van der Waals surface area contributed by atoms with Gasteiger partial charge in [0.15, 0.2) is 5.75 Å². The van der Waals surface area contributed by atoms with Crippen molar-refractivity contribution in [3.05, 3.63) is 67.9 Å². The summed E-state index contributed by atoms with van der Waals surface area (Å²) >= 11 is 0. The van der Waals surface area contributed by atoms with Gasteiger partial charge in [-0.1, -0.05) is 33.8 Å². The van der Waals surface area contributed by atoms with E-state index in [-0.39, 0.29) is 34.6 Å². The van der Waals surface area contributed by atoms with Gasteiger partial charge in [0.1, 0.15) is 0 Å². The second-order valence-electron chi connectivity index (χ2n) is 8.23. The van der Waals surface area contributed by atoms with Crippen LogP contribution in [0.1, 0.15) is 50.9 Å². The SMILES string of the molecule is CCCOc1c[nH]c(CN=Cc2c(O)[nH]c(=O)c3ccc(C(C)(C)C)cc23)cc1=O. The number of nitrogens with zero attached hydrogens (tertiary/aromatic N) is 1. The van der Waals surface area contributed by atoms with Crippen LogP contribution >= 0.6 is 0 Å². The van der Waals surface area contributed by atoms with E-state index in [1.54, 1.807) is 6.07 Å². The van der Waals surface area contributed by atoms with Crippen molar-refractivity contribution in [2.75, 3.05) is 6.61 Å². The maximum atomic E-state index is 12.2. The van der Waals surface area contributed by atoms with Gasteiger partial charge < -0.3 is 14.8 Å². The summed E-state index contributed by atoms with van der Waals surface area (Å²) in [6.45, 7) is 8.91. The molecule has 0 atom stereocenters. The third-order valence-corrected chi connectivity index (χ3v) is 4.79. The Morgan fingerprint density at radius 1 is 1.17 bits per heavy atom. The van der Waals surface area contributed by atoms with Crippen molar-refractivity contribution in [2.45, 2.75) is 46.1 Å². The van der Waals surface area contributed by atoms with Crippen LogP contribution in [0.25, 0.3) is 10.8 Å². The van der Waals surface area contributed by atoms with Crippen LogP contribution in [0.4, 0.5) is 0 Å². The molecule has 3 N–H and O–H groups in total. The first-order valence-corrected chi connectivity index (χ1v) is 9.94. The molecule has 2 aromatic heterocycles. The third kappa shape index (κ3) is 4.62. The number of aliphatic imine (C=N–C) groups is 1. The molecule has 7 heteroatoms. The molecule has 2 heterocycles. The zero-order valence-electron chi connectivity index (χ0n) is 17.7. The van der Waals surface area contributed by atoms with Gasteiger partial charge in [0.05, 0.1) is 18.7 Å². The van der Waals surface area contributed by atoms with Crippen LogP contribution in [0.5, 0.6) is 11.6 Å². The van der Waals surface area contributed by atoms with Crippen molar-refractivity contribution in [2.24, 2.45) is 4.99 Å². The lowest BCUT2D eigenvalue weighted by Crippen LogP contribution is -2.13. The average molecular weight is 409 g/mol. The van der Waals surface area contributed by atoms with Crippen LogP contribution in [0.3, 0.4) is 0 Å². The minimum atomic E-state index is -0.355. The zero-order valence-corrected chi connectivity index (χ0v) is 17.7. The van der Waals surface area contributed by atoms with Gasteiger partial charge in [0.25, 0.3) is 5.56 Å². The summed E-state index contributed by atoms with van der Waals surface area (Å²) in [7, 11) is 0. The lowest BCUT2D eigenvalue weighted by molar-refractivity contribution is 0.313. The normalized spacial score (nSPS) is 12.0. The second-order valence-corrected chi connectivity index (χ2v) is 8.23.